The molecule has 2 aliphatic carbocycles. The third-order valence-corrected chi connectivity index (χ3v) is 6.12. The predicted molar refractivity (Wildman–Crippen MR) is 78.0 cm³/mol. The van der Waals surface area contributed by atoms with Crippen molar-refractivity contribution in [1.29, 1.82) is 0 Å². The molecular weight excluding hydrogens is 351 g/mol. The molecule has 2 rings (SSSR count). The van der Waals surface area contributed by atoms with Gasteiger partial charge in [-0.25, -0.2) is 0 Å². The van der Waals surface area contributed by atoms with Gasteiger partial charge in [0.1, 0.15) is 0 Å². The zero-order valence-corrected chi connectivity index (χ0v) is 16.4. The Balaban J connectivity index is 0.00000288. The minimum Gasteiger partial charge on any atom is -0.481 e. The molecule has 0 aromatic rings. The van der Waals surface area contributed by atoms with E-state index in [1.807, 2.05) is 6.42 Å². The van der Waals surface area contributed by atoms with Crippen LogP contribution in [0.1, 0.15) is 44.9 Å². The van der Waals surface area contributed by atoms with E-state index >= 15 is 0 Å². The van der Waals surface area contributed by atoms with E-state index in [9.17, 15) is 22.6 Å². The molecule has 2 fully saturated rings. The molecule has 2 atom stereocenters. The van der Waals surface area contributed by atoms with Crippen LogP contribution in [-0.4, -0.2) is 46.2 Å². The van der Waals surface area contributed by atoms with Gasteiger partial charge >= 0.3 is 41.5 Å². The van der Waals surface area contributed by atoms with E-state index in [2.05, 4.69) is 0 Å². The topological polar surface area (TPSA) is 138 Å². The van der Waals surface area contributed by atoms with E-state index in [0.29, 0.717) is 12.8 Å². The molecule has 3 N–H and O–H groups in total. The maximum Gasteiger partial charge on any atom is 1.00 e. The van der Waals surface area contributed by atoms with Gasteiger partial charge in [-0.2, -0.15) is 21.3 Å². The fraction of sp³-hybridized carbons (Fsp3) is 0.786. The van der Waals surface area contributed by atoms with Crippen LogP contribution < -0.4 is 29.6 Å². The predicted octanol–water partition coefficient (Wildman–Crippen LogP) is -1.68. The maximum absolute atomic E-state index is 11.8. The van der Waals surface area contributed by atoms with Crippen LogP contribution in [0, 0.1) is 18.3 Å². The molecule has 0 amide bonds. The van der Waals surface area contributed by atoms with E-state index in [1.54, 1.807) is 0 Å². The third kappa shape index (κ3) is 4.92. The fourth-order valence-electron chi connectivity index (χ4n) is 3.42. The number of hydrogen-bond acceptors (Lipinski definition) is 5. The Morgan fingerprint density at radius 2 is 1.46 bits per heavy atom. The molecule has 2 unspecified atom stereocenters. The van der Waals surface area contributed by atoms with Crippen LogP contribution in [0.3, 0.4) is 0 Å². The van der Waals surface area contributed by atoms with Gasteiger partial charge in [-0.3, -0.25) is 14.1 Å². The second kappa shape index (κ2) is 8.46. The van der Waals surface area contributed by atoms with Gasteiger partial charge in [-0.15, -0.1) is 0 Å². The summed E-state index contributed by atoms with van der Waals surface area (Å²) in [4.78, 5) is 20.7. The summed E-state index contributed by atoms with van der Waals surface area (Å²) in [5.74, 6) is -4.04. The molecule has 2 saturated carbocycles. The molecule has 132 valence electrons. The Bertz CT molecular complexity index is 547. The molecule has 0 heterocycles. The summed E-state index contributed by atoms with van der Waals surface area (Å²) < 4.78 is 38.8. The summed E-state index contributed by atoms with van der Waals surface area (Å²) in [7, 11) is -4.50. The van der Waals surface area contributed by atoms with Gasteiger partial charge in [-0.05, 0) is 32.1 Å². The van der Waals surface area contributed by atoms with Crippen molar-refractivity contribution >= 4 is 22.1 Å². The van der Waals surface area contributed by atoms with Gasteiger partial charge in [-0.1, -0.05) is 0 Å². The molecule has 10 heteroatoms. The van der Waals surface area contributed by atoms with Crippen LogP contribution in [0.25, 0.3) is 0 Å². The molecule has 0 bridgehead atoms. The summed E-state index contributed by atoms with van der Waals surface area (Å²) >= 11 is 0. The van der Waals surface area contributed by atoms with Crippen LogP contribution in [-0.2, 0) is 24.4 Å². The number of ether oxygens (including phenoxy) is 1. The van der Waals surface area contributed by atoms with Crippen molar-refractivity contribution in [2.45, 2.75) is 56.0 Å². The normalized spacial score (nSPS) is 30.1. The zero-order chi connectivity index (χ0) is 17.3. The Kier molecular flexibility index (Phi) is 7.70. The van der Waals surface area contributed by atoms with Gasteiger partial charge in [0.2, 0.25) is 0 Å². The van der Waals surface area contributed by atoms with Crippen LogP contribution in [0.2, 0.25) is 0 Å². The second-order valence-corrected chi connectivity index (χ2v) is 7.96. The average Bonchev–Trinajstić information content (AvgIpc) is 2.46. The Labute approximate surface area is 163 Å². The summed E-state index contributed by atoms with van der Waals surface area (Å²) in [5.41, 5.74) is 0. The first kappa shape index (κ1) is 21.9. The van der Waals surface area contributed by atoms with Crippen LogP contribution in [0.5, 0.6) is 0 Å². The van der Waals surface area contributed by atoms with E-state index in [-0.39, 0.29) is 61.7 Å². The van der Waals surface area contributed by atoms with Crippen molar-refractivity contribution in [3.8, 4) is 0 Å². The van der Waals surface area contributed by atoms with Crippen LogP contribution in [0.4, 0.5) is 0 Å². The summed E-state index contributed by atoms with van der Waals surface area (Å²) in [5, 5.41) is 18.3. The number of hydrogen-bond donors (Lipinski definition) is 3. The van der Waals surface area contributed by atoms with Crippen molar-refractivity contribution < 1.29 is 67.1 Å². The van der Waals surface area contributed by atoms with Crippen molar-refractivity contribution in [3.05, 3.63) is 6.42 Å². The number of rotatable bonds is 5. The van der Waals surface area contributed by atoms with Crippen molar-refractivity contribution in [3.63, 3.8) is 0 Å². The first-order valence-electron chi connectivity index (χ1n) is 7.57. The van der Waals surface area contributed by atoms with Gasteiger partial charge in [0.05, 0.1) is 17.9 Å². The standard InChI is InChI=1S/C14H21O8S.Na/c15-12(16)9-6-10(13(17)18)8-11(7-9)22-14(23(19,20)21)4-2-1-3-5-14;/h1,9-11H,2-8H2,(H,15,16)(H,17,18)(H,19,20,21);/q-1;+1. The molecule has 0 aromatic heterocycles. The summed E-state index contributed by atoms with van der Waals surface area (Å²) in [6.07, 6.45) is 2.22. The van der Waals surface area contributed by atoms with Crippen LogP contribution in [0.15, 0.2) is 0 Å². The van der Waals surface area contributed by atoms with E-state index < -0.39 is 44.9 Å². The van der Waals surface area contributed by atoms with E-state index in [4.69, 9.17) is 14.9 Å². The Morgan fingerprint density at radius 1 is 1.00 bits per heavy atom. The molecule has 2 aliphatic rings. The van der Waals surface area contributed by atoms with Gasteiger partial charge in [0.25, 0.3) is 10.1 Å². The zero-order valence-electron chi connectivity index (χ0n) is 13.6. The van der Waals surface area contributed by atoms with Crippen LogP contribution >= 0.6 is 0 Å². The quantitative estimate of drug-likeness (QED) is 0.296. The molecule has 8 nitrogen and oxygen atoms in total. The monoisotopic (exact) mass is 372 g/mol. The Hall–Kier alpha value is -0.190. The van der Waals surface area contributed by atoms with Gasteiger partial charge in [0.15, 0.2) is 4.93 Å². The van der Waals surface area contributed by atoms with Crippen molar-refractivity contribution in [2.75, 3.05) is 0 Å². The second-order valence-electron chi connectivity index (χ2n) is 6.27. The number of carboxylic acid groups (broad SMARTS) is 2. The number of carbonyl (C=O) groups is 2. The molecule has 0 aliphatic heterocycles. The molecule has 24 heavy (non-hydrogen) atoms. The number of aliphatic carboxylic acids is 2. The number of carboxylic acids is 2. The molecular formula is C14H21NaO8S. The van der Waals surface area contributed by atoms with Gasteiger partial charge in [0, 0.05) is 0 Å². The molecule has 0 spiro atoms. The molecule has 0 aromatic carbocycles. The van der Waals surface area contributed by atoms with Crippen molar-refractivity contribution in [2.24, 2.45) is 11.8 Å². The summed E-state index contributed by atoms with van der Waals surface area (Å²) in [6, 6.07) is 0. The minimum atomic E-state index is -4.50. The third-order valence-electron chi connectivity index (χ3n) is 4.67. The van der Waals surface area contributed by atoms with E-state index in [0.717, 1.165) is 0 Å². The van der Waals surface area contributed by atoms with Gasteiger partial charge < -0.3 is 21.4 Å². The molecule has 0 saturated heterocycles. The molecule has 0 radical (unpaired) electrons. The largest absolute Gasteiger partial charge is 1.00 e. The minimum absolute atomic E-state index is 0. The smallest absolute Gasteiger partial charge is 0.481 e. The Morgan fingerprint density at radius 3 is 1.83 bits per heavy atom. The fourth-order valence-corrected chi connectivity index (χ4v) is 4.43. The van der Waals surface area contributed by atoms with Crippen molar-refractivity contribution in [1.82, 2.24) is 0 Å². The first-order valence-corrected chi connectivity index (χ1v) is 9.01. The first-order chi connectivity index (χ1) is 10.6. The maximum atomic E-state index is 11.8. The average molecular weight is 372 g/mol. The van der Waals surface area contributed by atoms with E-state index in [1.165, 1.54) is 0 Å². The summed E-state index contributed by atoms with van der Waals surface area (Å²) in [6.45, 7) is 0. The SMILES string of the molecule is O=C(O)C1CC(OC2(S(=O)(=O)O)CC[CH-]CC2)CC(C(=O)O)C1.[Na+].